The third-order valence-corrected chi connectivity index (χ3v) is 2.36. The molecule has 0 spiro atoms. The van der Waals surface area contributed by atoms with E-state index < -0.39 is 0 Å². The summed E-state index contributed by atoms with van der Waals surface area (Å²) < 4.78 is 0. The fourth-order valence-corrected chi connectivity index (χ4v) is 1.51. The zero-order chi connectivity index (χ0) is 10.7. The van der Waals surface area contributed by atoms with Crippen LogP contribution in [0, 0.1) is 6.92 Å². The summed E-state index contributed by atoms with van der Waals surface area (Å²) in [5.74, 6) is 0. The van der Waals surface area contributed by atoms with E-state index in [-0.39, 0.29) is 0 Å². The minimum absolute atomic E-state index is 0.700. The van der Waals surface area contributed by atoms with E-state index in [0.717, 1.165) is 23.1 Å². The highest BCUT2D eigenvalue weighted by Gasteiger charge is 2.05. The summed E-state index contributed by atoms with van der Waals surface area (Å²) in [6, 6.07) is 7.43. The fourth-order valence-electron chi connectivity index (χ4n) is 1.51. The molecule has 0 amide bonds. The Labute approximate surface area is 87.8 Å². The number of aldehydes is 1. The third kappa shape index (κ3) is 1.76. The molecule has 1 aromatic carbocycles. The second-order valence-corrected chi connectivity index (χ2v) is 3.23. The van der Waals surface area contributed by atoms with Crippen molar-refractivity contribution in [2.75, 3.05) is 0 Å². The molecule has 0 N–H and O–H groups in total. The second kappa shape index (κ2) is 4.00. The van der Waals surface area contributed by atoms with Gasteiger partial charge in [0.05, 0.1) is 5.69 Å². The molecule has 0 saturated heterocycles. The summed E-state index contributed by atoms with van der Waals surface area (Å²) in [7, 11) is 0. The summed E-state index contributed by atoms with van der Waals surface area (Å²) >= 11 is 0. The summed E-state index contributed by atoms with van der Waals surface area (Å²) in [6.45, 7) is 1.92. The van der Waals surface area contributed by atoms with E-state index in [0.29, 0.717) is 5.56 Å². The molecule has 0 saturated carbocycles. The molecule has 0 unspecified atom stereocenters. The molecule has 0 bridgehead atoms. The van der Waals surface area contributed by atoms with Crippen molar-refractivity contribution in [3.8, 4) is 11.3 Å². The Morgan fingerprint density at radius 1 is 1.27 bits per heavy atom. The standard InChI is InChI=1S/C12H10N2O/c1-9-10(7-15)3-2-4-11(9)12-5-6-13-8-14-12/h2-8H,1H3. The van der Waals surface area contributed by atoms with Crippen molar-refractivity contribution in [2.24, 2.45) is 0 Å². The van der Waals surface area contributed by atoms with E-state index in [1.807, 2.05) is 25.1 Å². The molecule has 3 heteroatoms. The molecule has 3 nitrogen and oxygen atoms in total. The number of carbonyl (C=O) groups excluding carboxylic acids is 1. The third-order valence-electron chi connectivity index (χ3n) is 2.36. The number of rotatable bonds is 2. The van der Waals surface area contributed by atoms with Crippen LogP contribution < -0.4 is 0 Å². The van der Waals surface area contributed by atoms with Crippen LogP contribution in [0.4, 0.5) is 0 Å². The number of benzene rings is 1. The van der Waals surface area contributed by atoms with Crippen molar-refractivity contribution in [3.63, 3.8) is 0 Å². The Morgan fingerprint density at radius 2 is 2.13 bits per heavy atom. The van der Waals surface area contributed by atoms with Gasteiger partial charge in [-0.3, -0.25) is 4.79 Å². The molecule has 0 radical (unpaired) electrons. The van der Waals surface area contributed by atoms with Gasteiger partial charge in [-0.25, -0.2) is 9.97 Å². The average molecular weight is 198 g/mol. The van der Waals surface area contributed by atoms with Gasteiger partial charge in [-0.05, 0) is 18.6 Å². The number of carbonyl (C=O) groups is 1. The number of nitrogens with zero attached hydrogens (tertiary/aromatic N) is 2. The van der Waals surface area contributed by atoms with Crippen LogP contribution in [0.25, 0.3) is 11.3 Å². The molecule has 0 aliphatic carbocycles. The quantitative estimate of drug-likeness (QED) is 0.695. The van der Waals surface area contributed by atoms with Crippen molar-refractivity contribution in [1.82, 2.24) is 9.97 Å². The van der Waals surface area contributed by atoms with Gasteiger partial charge in [0, 0.05) is 17.3 Å². The Bertz CT molecular complexity index is 480. The van der Waals surface area contributed by atoms with Crippen molar-refractivity contribution < 1.29 is 4.79 Å². The fraction of sp³-hybridized carbons (Fsp3) is 0.0833. The highest BCUT2D eigenvalue weighted by molar-refractivity contribution is 5.81. The van der Waals surface area contributed by atoms with Crippen molar-refractivity contribution in [1.29, 1.82) is 0 Å². The van der Waals surface area contributed by atoms with Gasteiger partial charge in [-0.1, -0.05) is 18.2 Å². The van der Waals surface area contributed by atoms with Gasteiger partial charge >= 0.3 is 0 Å². The topological polar surface area (TPSA) is 42.9 Å². The zero-order valence-electron chi connectivity index (χ0n) is 8.34. The van der Waals surface area contributed by atoms with E-state index in [1.54, 1.807) is 12.3 Å². The number of hydrogen-bond donors (Lipinski definition) is 0. The maximum absolute atomic E-state index is 10.8. The second-order valence-electron chi connectivity index (χ2n) is 3.23. The summed E-state index contributed by atoms with van der Waals surface area (Å²) in [5.41, 5.74) is 3.46. The average Bonchev–Trinajstić information content (AvgIpc) is 2.30. The van der Waals surface area contributed by atoms with Gasteiger partial charge in [0.1, 0.15) is 12.6 Å². The lowest BCUT2D eigenvalue weighted by Gasteiger charge is -2.06. The molecular weight excluding hydrogens is 188 g/mol. The molecule has 0 atom stereocenters. The number of aromatic nitrogens is 2. The lowest BCUT2D eigenvalue weighted by Crippen LogP contribution is -1.92. The summed E-state index contributed by atoms with van der Waals surface area (Å²) in [6.07, 6.45) is 4.05. The molecule has 2 rings (SSSR count). The van der Waals surface area contributed by atoms with Crippen LogP contribution in [0.3, 0.4) is 0 Å². The minimum atomic E-state index is 0.700. The van der Waals surface area contributed by atoms with E-state index in [2.05, 4.69) is 9.97 Å². The molecule has 1 heterocycles. The van der Waals surface area contributed by atoms with E-state index >= 15 is 0 Å². The van der Waals surface area contributed by atoms with E-state index in [1.165, 1.54) is 6.33 Å². The van der Waals surface area contributed by atoms with Crippen LogP contribution in [-0.2, 0) is 0 Å². The maximum Gasteiger partial charge on any atom is 0.150 e. The molecule has 2 aromatic rings. The van der Waals surface area contributed by atoms with Gasteiger partial charge in [0.15, 0.2) is 0 Å². The predicted octanol–water partition coefficient (Wildman–Crippen LogP) is 2.26. The Morgan fingerprint density at radius 3 is 2.80 bits per heavy atom. The van der Waals surface area contributed by atoms with Crippen molar-refractivity contribution >= 4 is 6.29 Å². The predicted molar refractivity (Wildman–Crippen MR) is 57.6 cm³/mol. The monoisotopic (exact) mass is 198 g/mol. The van der Waals surface area contributed by atoms with Crippen molar-refractivity contribution in [3.05, 3.63) is 47.9 Å². The lowest BCUT2D eigenvalue weighted by molar-refractivity contribution is 0.112. The van der Waals surface area contributed by atoms with Gasteiger partial charge in [-0.15, -0.1) is 0 Å². The Balaban J connectivity index is 2.59. The first-order chi connectivity index (χ1) is 7.33. The normalized spacial score (nSPS) is 9.93. The summed E-state index contributed by atoms with van der Waals surface area (Å²) in [5, 5.41) is 0. The largest absolute Gasteiger partial charge is 0.298 e. The Kier molecular flexibility index (Phi) is 2.54. The first-order valence-corrected chi connectivity index (χ1v) is 4.64. The molecule has 1 aromatic heterocycles. The SMILES string of the molecule is Cc1c(C=O)cccc1-c1ccncn1. The van der Waals surface area contributed by atoms with Crippen LogP contribution >= 0.6 is 0 Å². The molecule has 74 valence electrons. The van der Waals surface area contributed by atoms with Crippen LogP contribution in [0.1, 0.15) is 15.9 Å². The smallest absolute Gasteiger partial charge is 0.150 e. The zero-order valence-corrected chi connectivity index (χ0v) is 8.34. The summed E-state index contributed by atoms with van der Waals surface area (Å²) in [4.78, 5) is 18.8. The molecular formula is C12H10N2O. The van der Waals surface area contributed by atoms with Crippen LogP contribution in [0.15, 0.2) is 36.8 Å². The van der Waals surface area contributed by atoms with Crippen LogP contribution in [0.5, 0.6) is 0 Å². The highest BCUT2D eigenvalue weighted by atomic mass is 16.1. The van der Waals surface area contributed by atoms with Crippen LogP contribution in [0.2, 0.25) is 0 Å². The van der Waals surface area contributed by atoms with Gasteiger partial charge in [-0.2, -0.15) is 0 Å². The highest BCUT2D eigenvalue weighted by Crippen LogP contribution is 2.22. The maximum atomic E-state index is 10.8. The Hall–Kier alpha value is -2.03. The number of hydrogen-bond acceptors (Lipinski definition) is 3. The van der Waals surface area contributed by atoms with Gasteiger partial charge in [0.25, 0.3) is 0 Å². The molecule has 15 heavy (non-hydrogen) atoms. The molecule has 0 aliphatic rings. The first kappa shape index (κ1) is 9.52. The first-order valence-electron chi connectivity index (χ1n) is 4.64. The van der Waals surface area contributed by atoms with Gasteiger partial charge < -0.3 is 0 Å². The minimum Gasteiger partial charge on any atom is -0.298 e. The van der Waals surface area contributed by atoms with Crippen LogP contribution in [-0.4, -0.2) is 16.3 Å². The lowest BCUT2D eigenvalue weighted by atomic mass is 10.0. The van der Waals surface area contributed by atoms with E-state index in [4.69, 9.17) is 0 Å². The molecule has 0 fully saturated rings. The van der Waals surface area contributed by atoms with E-state index in [9.17, 15) is 4.79 Å². The molecule has 0 aliphatic heterocycles. The van der Waals surface area contributed by atoms with Crippen molar-refractivity contribution in [2.45, 2.75) is 6.92 Å². The van der Waals surface area contributed by atoms with Gasteiger partial charge in [0.2, 0.25) is 0 Å².